The summed E-state index contributed by atoms with van der Waals surface area (Å²) < 4.78 is 7.75. The predicted octanol–water partition coefficient (Wildman–Crippen LogP) is 4.23. The van der Waals surface area contributed by atoms with Gasteiger partial charge in [0.1, 0.15) is 5.75 Å². The van der Waals surface area contributed by atoms with Gasteiger partial charge in [0.05, 0.1) is 25.9 Å². The normalized spacial score (nSPS) is 14.8. The van der Waals surface area contributed by atoms with E-state index in [0.717, 1.165) is 61.1 Å². The lowest BCUT2D eigenvalue weighted by Crippen LogP contribution is -2.48. The Balaban J connectivity index is 1.38. The molecule has 0 amide bonds. The van der Waals surface area contributed by atoms with Crippen LogP contribution in [-0.4, -0.2) is 55.1 Å². The van der Waals surface area contributed by atoms with E-state index in [0.29, 0.717) is 6.54 Å². The minimum atomic E-state index is 0.214. The third-order valence-electron chi connectivity index (χ3n) is 5.93. The first kappa shape index (κ1) is 20.7. The van der Waals surface area contributed by atoms with Gasteiger partial charge in [-0.05, 0) is 43.5 Å². The number of thiophene rings is 1. The molecule has 4 rings (SSSR count). The van der Waals surface area contributed by atoms with Crippen LogP contribution in [0.5, 0.6) is 5.75 Å². The summed E-state index contributed by atoms with van der Waals surface area (Å²) in [5.74, 6) is 1.12. The van der Waals surface area contributed by atoms with Gasteiger partial charge in [0.25, 0.3) is 0 Å². The van der Waals surface area contributed by atoms with Crippen LogP contribution in [0.4, 0.5) is 5.69 Å². The second-order valence-corrected chi connectivity index (χ2v) is 8.84. The molecule has 30 heavy (non-hydrogen) atoms. The highest BCUT2D eigenvalue weighted by Gasteiger charge is 2.23. The number of hydrogen-bond acceptors (Lipinski definition) is 5. The highest BCUT2D eigenvalue weighted by Crippen LogP contribution is 2.28. The third kappa shape index (κ3) is 4.30. The molecule has 0 saturated carbocycles. The first-order valence-electron chi connectivity index (χ1n) is 10.4. The van der Waals surface area contributed by atoms with Crippen LogP contribution in [0.25, 0.3) is 0 Å². The molecular weight excluding hydrogens is 394 g/mol. The van der Waals surface area contributed by atoms with Crippen molar-refractivity contribution in [2.45, 2.75) is 20.4 Å². The van der Waals surface area contributed by atoms with Crippen LogP contribution in [0, 0.1) is 13.8 Å². The van der Waals surface area contributed by atoms with Crippen molar-refractivity contribution in [3.8, 4) is 5.75 Å². The maximum atomic E-state index is 13.1. The zero-order valence-electron chi connectivity index (χ0n) is 17.9. The molecule has 0 aliphatic carbocycles. The lowest BCUT2D eigenvalue weighted by Gasteiger charge is -2.36. The van der Waals surface area contributed by atoms with Crippen molar-refractivity contribution in [2.24, 2.45) is 0 Å². The van der Waals surface area contributed by atoms with E-state index >= 15 is 0 Å². The molecule has 1 aromatic carbocycles. The molecule has 1 fully saturated rings. The van der Waals surface area contributed by atoms with Crippen molar-refractivity contribution in [1.29, 1.82) is 0 Å². The fraction of sp³-hybridized carbons (Fsp3) is 0.375. The summed E-state index contributed by atoms with van der Waals surface area (Å²) in [7, 11) is 1.71. The van der Waals surface area contributed by atoms with Crippen LogP contribution in [0.3, 0.4) is 0 Å². The maximum Gasteiger partial charge on any atom is 0.178 e. The Kier molecular flexibility index (Phi) is 6.25. The van der Waals surface area contributed by atoms with Gasteiger partial charge in [0.2, 0.25) is 0 Å². The van der Waals surface area contributed by atoms with Crippen LogP contribution in [-0.2, 0) is 6.54 Å². The third-order valence-corrected chi connectivity index (χ3v) is 6.79. The molecule has 0 spiro atoms. The molecule has 0 unspecified atom stereocenters. The van der Waals surface area contributed by atoms with Gasteiger partial charge in [-0.2, -0.15) is 0 Å². The van der Waals surface area contributed by atoms with Gasteiger partial charge in [0.15, 0.2) is 5.78 Å². The molecule has 0 N–H and O–H groups in total. The summed E-state index contributed by atoms with van der Waals surface area (Å²) in [6.45, 7) is 8.99. The highest BCUT2D eigenvalue weighted by atomic mass is 32.1. The lowest BCUT2D eigenvalue weighted by atomic mass is 10.1. The number of methoxy groups -OCH3 is 1. The fourth-order valence-corrected chi connectivity index (χ4v) is 4.90. The van der Waals surface area contributed by atoms with Gasteiger partial charge < -0.3 is 14.2 Å². The lowest BCUT2D eigenvalue weighted by molar-refractivity contribution is 0.0925. The average Bonchev–Trinajstić information content (AvgIpc) is 3.38. The number of para-hydroxylation sites is 2. The number of aromatic nitrogens is 1. The number of piperazine rings is 1. The standard InChI is InChI=1S/C24H29N3O2S/c1-18-15-21(19(2)27(18)16-20-7-6-14-30-20)23(28)17-25-10-12-26(13-11-25)22-8-4-5-9-24(22)29-3/h4-9,14-15H,10-13,16-17H2,1-3H3. The van der Waals surface area contributed by atoms with E-state index in [9.17, 15) is 4.79 Å². The van der Waals surface area contributed by atoms with Gasteiger partial charge in [-0.25, -0.2) is 0 Å². The number of hydrogen-bond donors (Lipinski definition) is 0. The summed E-state index contributed by atoms with van der Waals surface area (Å²) >= 11 is 1.75. The van der Waals surface area contributed by atoms with Crippen LogP contribution < -0.4 is 9.64 Å². The Morgan fingerprint density at radius 3 is 2.53 bits per heavy atom. The number of carbonyl (C=O) groups excluding carboxylic acids is 1. The van der Waals surface area contributed by atoms with E-state index in [-0.39, 0.29) is 5.78 Å². The molecule has 0 bridgehead atoms. The van der Waals surface area contributed by atoms with Gasteiger partial charge in [-0.15, -0.1) is 11.3 Å². The van der Waals surface area contributed by atoms with E-state index < -0.39 is 0 Å². The molecular formula is C24H29N3O2S. The Morgan fingerprint density at radius 2 is 1.83 bits per heavy atom. The van der Waals surface area contributed by atoms with Gasteiger partial charge in [-0.1, -0.05) is 18.2 Å². The van der Waals surface area contributed by atoms with E-state index in [1.165, 1.54) is 4.88 Å². The summed E-state index contributed by atoms with van der Waals surface area (Å²) in [6.07, 6.45) is 0. The number of aryl methyl sites for hydroxylation is 1. The second-order valence-electron chi connectivity index (χ2n) is 7.81. The van der Waals surface area contributed by atoms with Crippen molar-refractivity contribution in [3.63, 3.8) is 0 Å². The van der Waals surface area contributed by atoms with Crippen molar-refractivity contribution in [2.75, 3.05) is 44.7 Å². The van der Waals surface area contributed by atoms with Crippen LogP contribution >= 0.6 is 11.3 Å². The number of nitrogens with zero attached hydrogens (tertiary/aromatic N) is 3. The summed E-state index contributed by atoms with van der Waals surface area (Å²) in [4.78, 5) is 19.0. The molecule has 1 saturated heterocycles. The zero-order chi connectivity index (χ0) is 21.1. The quantitative estimate of drug-likeness (QED) is 0.533. The summed E-state index contributed by atoms with van der Waals surface area (Å²) in [5.41, 5.74) is 4.20. The molecule has 1 aliphatic heterocycles. The summed E-state index contributed by atoms with van der Waals surface area (Å²) in [5, 5.41) is 2.10. The Hall–Kier alpha value is -2.57. The SMILES string of the molecule is COc1ccccc1N1CCN(CC(=O)c2cc(C)n(Cc3cccs3)c2C)CC1. The minimum absolute atomic E-state index is 0.214. The largest absolute Gasteiger partial charge is 0.495 e. The van der Waals surface area contributed by atoms with Crippen LogP contribution in [0.2, 0.25) is 0 Å². The van der Waals surface area contributed by atoms with E-state index in [1.807, 2.05) is 18.2 Å². The first-order valence-corrected chi connectivity index (χ1v) is 11.3. The molecule has 5 nitrogen and oxygen atoms in total. The zero-order valence-corrected chi connectivity index (χ0v) is 18.7. The van der Waals surface area contributed by atoms with E-state index in [1.54, 1.807) is 18.4 Å². The van der Waals surface area contributed by atoms with Crippen LogP contribution in [0.15, 0.2) is 47.8 Å². The van der Waals surface area contributed by atoms with E-state index in [4.69, 9.17) is 4.74 Å². The molecule has 158 valence electrons. The van der Waals surface area contributed by atoms with Crippen molar-refractivity contribution in [3.05, 3.63) is 69.7 Å². The Labute approximate surface area is 182 Å². The number of benzene rings is 1. The van der Waals surface area contributed by atoms with Crippen molar-refractivity contribution in [1.82, 2.24) is 9.47 Å². The number of carbonyl (C=O) groups is 1. The molecule has 1 aliphatic rings. The number of ketones is 1. The number of anilines is 1. The smallest absolute Gasteiger partial charge is 0.178 e. The molecule has 3 heterocycles. The Morgan fingerprint density at radius 1 is 1.07 bits per heavy atom. The number of rotatable bonds is 7. The topological polar surface area (TPSA) is 37.7 Å². The second kappa shape index (κ2) is 9.06. The molecule has 6 heteroatoms. The molecule has 0 atom stereocenters. The average molecular weight is 424 g/mol. The molecule has 2 aromatic heterocycles. The van der Waals surface area contributed by atoms with Crippen molar-refractivity contribution >= 4 is 22.8 Å². The van der Waals surface area contributed by atoms with Crippen LogP contribution in [0.1, 0.15) is 26.6 Å². The Bertz CT molecular complexity index is 1000. The first-order chi connectivity index (χ1) is 14.6. The number of ether oxygens (including phenoxy) is 1. The van der Waals surface area contributed by atoms with E-state index in [2.05, 4.69) is 57.9 Å². The van der Waals surface area contributed by atoms with Crippen molar-refractivity contribution < 1.29 is 9.53 Å². The number of Topliss-reactive ketones (excluding diaryl/α,β-unsaturated/α-hetero) is 1. The predicted molar refractivity (Wildman–Crippen MR) is 123 cm³/mol. The highest BCUT2D eigenvalue weighted by molar-refractivity contribution is 7.09. The minimum Gasteiger partial charge on any atom is -0.495 e. The monoisotopic (exact) mass is 423 g/mol. The maximum absolute atomic E-state index is 13.1. The van der Waals surface area contributed by atoms with Gasteiger partial charge in [-0.3, -0.25) is 9.69 Å². The van der Waals surface area contributed by atoms with Gasteiger partial charge in [0, 0.05) is 48.0 Å². The van der Waals surface area contributed by atoms with Gasteiger partial charge >= 0.3 is 0 Å². The summed E-state index contributed by atoms with van der Waals surface area (Å²) in [6, 6.07) is 14.4. The molecule has 0 radical (unpaired) electrons. The molecule has 3 aromatic rings. The fourth-order valence-electron chi connectivity index (χ4n) is 4.21.